The van der Waals surface area contributed by atoms with Crippen LogP contribution in [0.3, 0.4) is 0 Å². The first kappa shape index (κ1) is 19.1. The Kier molecular flexibility index (Phi) is 6.58. The molecule has 0 atom stereocenters. The van der Waals surface area contributed by atoms with Crippen LogP contribution in [0.25, 0.3) is 0 Å². The molecule has 142 valence electrons. The number of aryl methyl sites for hydroxylation is 2. The van der Waals surface area contributed by atoms with Crippen molar-refractivity contribution in [2.24, 2.45) is 5.92 Å². The Morgan fingerprint density at radius 1 is 0.963 bits per heavy atom. The van der Waals surface area contributed by atoms with E-state index in [1.807, 2.05) is 36.4 Å². The second-order valence-corrected chi connectivity index (χ2v) is 7.10. The van der Waals surface area contributed by atoms with Crippen molar-refractivity contribution in [3.05, 3.63) is 65.5 Å². The van der Waals surface area contributed by atoms with Gasteiger partial charge in [-0.05, 0) is 73.9 Å². The Labute approximate surface area is 160 Å². The fraction of sp³-hybridized carbons (Fsp3) is 0.409. The Balaban J connectivity index is 1.47. The number of carbonyl (C=O) groups is 2. The number of rotatable bonds is 6. The van der Waals surface area contributed by atoms with Gasteiger partial charge in [-0.3, -0.25) is 14.6 Å². The largest absolute Gasteiger partial charge is 0.469 e. The molecule has 1 aromatic carbocycles. The molecule has 1 aliphatic rings. The number of aromatic nitrogens is 1. The van der Waals surface area contributed by atoms with E-state index in [1.54, 1.807) is 12.4 Å². The number of pyridine rings is 1. The summed E-state index contributed by atoms with van der Waals surface area (Å²) in [5.74, 6) is -0.206. The Morgan fingerprint density at radius 3 is 2.15 bits per heavy atom. The first-order valence-electron chi connectivity index (χ1n) is 9.52. The SMILES string of the molecule is COC(=O)C1CCC(NC(=O)c2ccc(CCc3ccncc3)cc2)CC1. The van der Waals surface area contributed by atoms with Crippen LogP contribution < -0.4 is 5.32 Å². The number of hydrogen-bond donors (Lipinski definition) is 1. The minimum Gasteiger partial charge on any atom is -0.469 e. The number of methoxy groups -OCH3 is 1. The third-order valence-corrected chi connectivity index (χ3v) is 5.26. The number of ether oxygens (including phenoxy) is 1. The molecule has 0 bridgehead atoms. The minimum absolute atomic E-state index is 0.0252. The van der Waals surface area contributed by atoms with Crippen LogP contribution in [-0.4, -0.2) is 30.0 Å². The van der Waals surface area contributed by atoms with Gasteiger partial charge in [0.15, 0.2) is 0 Å². The molecule has 0 unspecified atom stereocenters. The quantitative estimate of drug-likeness (QED) is 0.796. The molecule has 1 N–H and O–H groups in total. The van der Waals surface area contributed by atoms with Crippen molar-refractivity contribution in [2.45, 2.75) is 44.6 Å². The summed E-state index contributed by atoms with van der Waals surface area (Å²) in [5, 5.41) is 3.09. The van der Waals surface area contributed by atoms with Crippen LogP contribution in [0.2, 0.25) is 0 Å². The number of carbonyl (C=O) groups excluding carboxylic acids is 2. The summed E-state index contributed by atoms with van der Waals surface area (Å²) in [6.45, 7) is 0. The van der Waals surface area contributed by atoms with E-state index in [9.17, 15) is 9.59 Å². The number of nitrogens with zero attached hydrogens (tertiary/aromatic N) is 1. The molecule has 1 saturated carbocycles. The zero-order valence-corrected chi connectivity index (χ0v) is 15.7. The molecular weight excluding hydrogens is 340 g/mol. The van der Waals surface area contributed by atoms with E-state index >= 15 is 0 Å². The average molecular weight is 366 g/mol. The summed E-state index contributed by atoms with van der Waals surface area (Å²) in [6.07, 6.45) is 8.67. The summed E-state index contributed by atoms with van der Waals surface area (Å²) in [5.41, 5.74) is 3.15. The monoisotopic (exact) mass is 366 g/mol. The molecule has 1 aromatic heterocycles. The van der Waals surface area contributed by atoms with E-state index in [4.69, 9.17) is 4.74 Å². The van der Waals surface area contributed by atoms with Crippen LogP contribution in [0.1, 0.15) is 47.2 Å². The average Bonchev–Trinajstić information content (AvgIpc) is 2.73. The maximum Gasteiger partial charge on any atom is 0.308 e. The lowest BCUT2D eigenvalue weighted by Gasteiger charge is -2.27. The van der Waals surface area contributed by atoms with Crippen LogP contribution in [-0.2, 0) is 22.4 Å². The lowest BCUT2D eigenvalue weighted by Crippen LogP contribution is -2.38. The van der Waals surface area contributed by atoms with Gasteiger partial charge in [0.25, 0.3) is 5.91 Å². The van der Waals surface area contributed by atoms with Crippen molar-refractivity contribution < 1.29 is 14.3 Å². The van der Waals surface area contributed by atoms with Crippen molar-refractivity contribution in [3.63, 3.8) is 0 Å². The zero-order chi connectivity index (χ0) is 19.1. The second-order valence-electron chi connectivity index (χ2n) is 7.10. The van der Waals surface area contributed by atoms with Gasteiger partial charge in [0.1, 0.15) is 0 Å². The topological polar surface area (TPSA) is 68.3 Å². The third-order valence-electron chi connectivity index (χ3n) is 5.26. The predicted molar refractivity (Wildman–Crippen MR) is 103 cm³/mol. The standard InChI is InChI=1S/C22H26N2O3/c1-27-22(26)19-8-10-20(11-9-19)24-21(25)18-6-4-16(5-7-18)2-3-17-12-14-23-15-13-17/h4-7,12-15,19-20H,2-3,8-11H2,1H3,(H,24,25). The zero-order valence-electron chi connectivity index (χ0n) is 15.7. The van der Waals surface area contributed by atoms with E-state index in [2.05, 4.69) is 10.3 Å². The van der Waals surface area contributed by atoms with E-state index in [1.165, 1.54) is 18.2 Å². The highest BCUT2D eigenvalue weighted by atomic mass is 16.5. The van der Waals surface area contributed by atoms with Crippen LogP contribution in [0.15, 0.2) is 48.8 Å². The van der Waals surface area contributed by atoms with Gasteiger partial charge in [0.05, 0.1) is 13.0 Å². The summed E-state index contributed by atoms with van der Waals surface area (Å²) < 4.78 is 4.81. The van der Waals surface area contributed by atoms with Gasteiger partial charge in [-0.1, -0.05) is 12.1 Å². The Bertz CT molecular complexity index is 751. The highest BCUT2D eigenvalue weighted by Gasteiger charge is 2.27. The van der Waals surface area contributed by atoms with Gasteiger partial charge < -0.3 is 10.1 Å². The maximum atomic E-state index is 12.5. The molecule has 0 aliphatic heterocycles. The Morgan fingerprint density at radius 2 is 1.56 bits per heavy atom. The normalized spacial score (nSPS) is 19.3. The first-order valence-corrected chi connectivity index (χ1v) is 9.52. The molecule has 0 radical (unpaired) electrons. The van der Waals surface area contributed by atoms with Crippen molar-refractivity contribution >= 4 is 11.9 Å². The van der Waals surface area contributed by atoms with Crippen LogP contribution in [0.5, 0.6) is 0 Å². The van der Waals surface area contributed by atoms with Crippen molar-refractivity contribution in [3.8, 4) is 0 Å². The van der Waals surface area contributed by atoms with Crippen LogP contribution >= 0.6 is 0 Å². The number of hydrogen-bond acceptors (Lipinski definition) is 4. The Hall–Kier alpha value is -2.69. The van der Waals surface area contributed by atoms with Gasteiger partial charge in [-0.2, -0.15) is 0 Å². The van der Waals surface area contributed by atoms with Crippen LogP contribution in [0, 0.1) is 5.92 Å². The minimum atomic E-state index is -0.137. The molecule has 0 saturated heterocycles. The fourth-order valence-corrected chi connectivity index (χ4v) is 3.57. The first-order chi connectivity index (χ1) is 13.2. The molecule has 1 fully saturated rings. The van der Waals surface area contributed by atoms with Crippen LogP contribution in [0.4, 0.5) is 0 Å². The molecular formula is C22H26N2O3. The van der Waals surface area contributed by atoms with E-state index in [0.717, 1.165) is 38.5 Å². The number of nitrogens with one attached hydrogen (secondary N) is 1. The van der Waals surface area contributed by atoms with Gasteiger partial charge in [-0.15, -0.1) is 0 Å². The number of benzene rings is 1. The smallest absolute Gasteiger partial charge is 0.308 e. The highest BCUT2D eigenvalue weighted by Crippen LogP contribution is 2.25. The van der Waals surface area contributed by atoms with Gasteiger partial charge in [0, 0.05) is 24.0 Å². The van der Waals surface area contributed by atoms with E-state index in [0.29, 0.717) is 5.56 Å². The second kappa shape index (κ2) is 9.31. The molecule has 5 nitrogen and oxygen atoms in total. The maximum absolute atomic E-state index is 12.5. The van der Waals surface area contributed by atoms with Gasteiger partial charge in [-0.25, -0.2) is 0 Å². The van der Waals surface area contributed by atoms with Crippen molar-refractivity contribution in [1.29, 1.82) is 0 Å². The van der Waals surface area contributed by atoms with E-state index in [-0.39, 0.29) is 23.8 Å². The van der Waals surface area contributed by atoms with Gasteiger partial charge >= 0.3 is 5.97 Å². The lowest BCUT2D eigenvalue weighted by molar-refractivity contribution is -0.146. The molecule has 3 rings (SSSR count). The lowest BCUT2D eigenvalue weighted by atomic mass is 9.86. The predicted octanol–water partition coefficient (Wildman–Crippen LogP) is 3.33. The van der Waals surface area contributed by atoms with Crippen molar-refractivity contribution in [2.75, 3.05) is 7.11 Å². The molecule has 27 heavy (non-hydrogen) atoms. The summed E-state index contributed by atoms with van der Waals surface area (Å²) in [4.78, 5) is 28.1. The highest BCUT2D eigenvalue weighted by molar-refractivity contribution is 5.94. The molecule has 5 heteroatoms. The van der Waals surface area contributed by atoms with Crippen molar-refractivity contribution in [1.82, 2.24) is 10.3 Å². The summed E-state index contributed by atoms with van der Waals surface area (Å²) >= 11 is 0. The third kappa shape index (κ3) is 5.39. The molecule has 1 amide bonds. The fourth-order valence-electron chi connectivity index (χ4n) is 3.57. The van der Waals surface area contributed by atoms with E-state index < -0.39 is 0 Å². The summed E-state index contributed by atoms with van der Waals surface area (Å²) in [7, 11) is 1.43. The summed E-state index contributed by atoms with van der Waals surface area (Å²) in [6, 6.07) is 12.0. The number of amides is 1. The molecule has 2 aromatic rings. The molecule has 1 aliphatic carbocycles. The molecule has 1 heterocycles. The number of esters is 1. The molecule has 0 spiro atoms. The van der Waals surface area contributed by atoms with Gasteiger partial charge in [0.2, 0.25) is 0 Å².